The van der Waals surface area contributed by atoms with Gasteiger partial charge in [0.15, 0.2) is 0 Å². The van der Waals surface area contributed by atoms with Crippen LogP contribution in [-0.4, -0.2) is 17.1 Å². The van der Waals surface area contributed by atoms with Crippen molar-refractivity contribution in [3.05, 3.63) is 29.6 Å². The Labute approximate surface area is 86.9 Å². The number of hydrogen-bond acceptors (Lipinski definition) is 2. The summed E-state index contributed by atoms with van der Waals surface area (Å²) >= 11 is 0. The van der Waals surface area contributed by atoms with Gasteiger partial charge in [0, 0.05) is 5.69 Å². The molecule has 3 nitrogen and oxygen atoms in total. The first-order valence-corrected chi connectivity index (χ1v) is 4.94. The second-order valence-electron chi connectivity index (χ2n) is 3.73. The number of carbonyl (C=O) groups is 1. The van der Waals surface area contributed by atoms with Gasteiger partial charge in [-0.05, 0) is 43.0 Å². The third-order valence-electron chi connectivity index (χ3n) is 2.63. The lowest BCUT2D eigenvalue weighted by molar-refractivity contribution is -0.138. The van der Waals surface area contributed by atoms with Gasteiger partial charge in [-0.2, -0.15) is 0 Å². The van der Waals surface area contributed by atoms with E-state index in [1.54, 1.807) is 6.07 Å². The zero-order valence-corrected chi connectivity index (χ0v) is 8.16. The zero-order valence-electron chi connectivity index (χ0n) is 8.16. The van der Waals surface area contributed by atoms with Crippen molar-refractivity contribution >= 4 is 11.7 Å². The predicted octanol–water partition coefficient (Wildman–Crippen LogP) is 2.03. The van der Waals surface area contributed by atoms with E-state index in [9.17, 15) is 9.18 Å². The van der Waals surface area contributed by atoms with Crippen LogP contribution in [0.3, 0.4) is 0 Å². The lowest BCUT2D eigenvalue weighted by atomic mass is 10.1. The van der Waals surface area contributed by atoms with Crippen molar-refractivity contribution in [2.24, 2.45) is 0 Å². The van der Waals surface area contributed by atoms with Gasteiger partial charge in [0.05, 0.1) is 0 Å². The van der Waals surface area contributed by atoms with Crippen molar-refractivity contribution in [2.45, 2.75) is 25.3 Å². The van der Waals surface area contributed by atoms with Crippen molar-refractivity contribution in [3.8, 4) is 0 Å². The zero-order chi connectivity index (χ0) is 10.8. The van der Waals surface area contributed by atoms with E-state index >= 15 is 0 Å². The van der Waals surface area contributed by atoms with Crippen LogP contribution in [0.15, 0.2) is 18.2 Å². The van der Waals surface area contributed by atoms with Crippen molar-refractivity contribution in [1.29, 1.82) is 0 Å². The molecule has 1 aromatic carbocycles. The van der Waals surface area contributed by atoms with Crippen molar-refractivity contribution in [1.82, 2.24) is 0 Å². The summed E-state index contributed by atoms with van der Waals surface area (Å²) in [5, 5.41) is 11.8. The van der Waals surface area contributed by atoms with Gasteiger partial charge >= 0.3 is 5.97 Å². The Morgan fingerprint density at radius 3 is 3.07 bits per heavy atom. The van der Waals surface area contributed by atoms with Crippen LogP contribution >= 0.6 is 0 Å². The SMILES string of the molecule is O=C(O)C1CCCc2cc(F)ccc2N1. The number of aryl methyl sites for hydroxylation is 1. The fourth-order valence-corrected chi connectivity index (χ4v) is 1.85. The molecule has 1 aromatic rings. The fourth-order valence-electron chi connectivity index (χ4n) is 1.85. The Hall–Kier alpha value is -1.58. The number of carboxylic acids is 1. The van der Waals surface area contributed by atoms with Crippen LogP contribution < -0.4 is 5.32 Å². The molecule has 1 unspecified atom stereocenters. The van der Waals surface area contributed by atoms with Gasteiger partial charge in [-0.25, -0.2) is 9.18 Å². The third-order valence-corrected chi connectivity index (χ3v) is 2.63. The molecule has 2 N–H and O–H groups in total. The Kier molecular flexibility index (Phi) is 2.58. The molecule has 2 rings (SSSR count). The monoisotopic (exact) mass is 209 g/mol. The summed E-state index contributed by atoms with van der Waals surface area (Å²) in [5.74, 6) is -1.13. The average molecular weight is 209 g/mol. The summed E-state index contributed by atoms with van der Waals surface area (Å²) in [6, 6.07) is 3.85. The molecule has 0 radical (unpaired) electrons. The van der Waals surface area contributed by atoms with Gasteiger partial charge in [0.2, 0.25) is 0 Å². The highest BCUT2D eigenvalue weighted by Gasteiger charge is 2.21. The first-order chi connectivity index (χ1) is 7.16. The van der Waals surface area contributed by atoms with Crippen LogP contribution in [0.4, 0.5) is 10.1 Å². The number of benzene rings is 1. The minimum atomic E-state index is -0.854. The van der Waals surface area contributed by atoms with Crippen LogP contribution in [0, 0.1) is 5.82 Å². The minimum absolute atomic E-state index is 0.274. The topological polar surface area (TPSA) is 49.3 Å². The second-order valence-corrected chi connectivity index (χ2v) is 3.73. The molecule has 0 saturated heterocycles. The second kappa shape index (κ2) is 3.88. The number of hydrogen-bond donors (Lipinski definition) is 2. The van der Waals surface area contributed by atoms with E-state index in [1.165, 1.54) is 12.1 Å². The average Bonchev–Trinajstić information content (AvgIpc) is 2.39. The maximum atomic E-state index is 12.9. The van der Waals surface area contributed by atoms with Crippen LogP contribution in [0.25, 0.3) is 0 Å². The molecule has 1 aliphatic heterocycles. The van der Waals surface area contributed by atoms with E-state index in [0.717, 1.165) is 24.1 Å². The van der Waals surface area contributed by atoms with Crippen molar-refractivity contribution < 1.29 is 14.3 Å². The molecule has 0 aliphatic carbocycles. The molecule has 0 spiro atoms. The Morgan fingerprint density at radius 2 is 2.33 bits per heavy atom. The van der Waals surface area contributed by atoms with Crippen LogP contribution in [0.1, 0.15) is 18.4 Å². The Morgan fingerprint density at radius 1 is 1.53 bits per heavy atom. The normalized spacial score (nSPS) is 19.9. The van der Waals surface area contributed by atoms with Gasteiger partial charge in [0.1, 0.15) is 11.9 Å². The minimum Gasteiger partial charge on any atom is -0.480 e. The summed E-state index contributed by atoms with van der Waals surface area (Å²) in [5.41, 5.74) is 1.60. The molecule has 1 aliphatic rings. The first-order valence-electron chi connectivity index (χ1n) is 4.94. The molecule has 1 heterocycles. The van der Waals surface area contributed by atoms with E-state index in [4.69, 9.17) is 5.11 Å². The maximum Gasteiger partial charge on any atom is 0.326 e. The number of nitrogens with one attached hydrogen (secondary N) is 1. The standard InChI is InChI=1S/C11H12FNO2/c12-8-4-5-9-7(6-8)2-1-3-10(13-9)11(14)15/h4-6,10,13H,1-3H2,(H,14,15). The van der Waals surface area contributed by atoms with E-state index in [2.05, 4.69) is 5.32 Å². The van der Waals surface area contributed by atoms with E-state index in [1.807, 2.05) is 0 Å². The number of aliphatic carboxylic acids is 1. The molecule has 0 saturated carbocycles. The lowest BCUT2D eigenvalue weighted by Crippen LogP contribution is -2.28. The largest absolute Gasteiger partial charge is 0.480 e. The van der Waals surface area contributed by atoms with Gasteiger partial charge in [0.25, 0.3) is 0 Å². The van der Waals surface area contributed by atoms with Gasteiger partial charge < -0.3 is 10.4 Å². The number of rotatable bonds is 1. The first kappa shape index (κ1) is 9.96. The van der Waals surface area contributed by atoms with Crippen molar-refractivity contribution in [3.63, 3.8) is 0 Å². The van der Waals surface area contributed by atoms with E-state index in [0.29, 0.717) is 6.42 Å². The summed E-state index contributed by atoms with van der Waals surface area (Å²) in [7, 11) is 0. The predicted molar refractivity (Wildman–Crippen MR) is 54.4 cm³/mol. The lowest BCUT2D eigenvalue weighted by Gasteiger charge is -2.13. The number of fused-ring (bicyclic) bond motifs is 1. The summed E-state index contributed by atoms with van der Waals surface area (Å²) in [4.78, 5) is 10.8. The maximum absolute atomic E-state index is 12.9. The summed E-state index contributed by atoms with van der Waals surface area (Å²) in [6.45, 7) is 0. The van der Waals surface area contributed by atoms with E-state index < -0.39 is 12.0 Å². The molecule has 15 heavy (non-hydrogen) atoms. The highest BCUT2D eigenvalue weighted by Crippen LogP contribution is 2.24. The summed E-state index contributed by atoms with van der Waals surface area (Å²) < 4.78 is 12.9. The molecular formula is C11H12FNO2. The van der Waals surface area contributed by atoms with Crippen LogP contribution in [0.5, 0.6) is 0 Å². The molecule has 0 bridgehead atoms. The Balaban J connectivity index is 2.29. The highest BCUT2D eigenvalue weighted by molar-refractivity contribution is 5.78. The van der Waals surface area contributed by atoms with E-state index in [-0.39, 0.29) is 5.82 Å². The number of halogens is 1. The molecule has 0 amide bonds. The molecule has 1 atom stereocenters. The van der Waals surface area contributed by atoms with Gasteiger partial charge in [-0.3, -0.25) is 0 Å². The van der Waals surface area contributed by atoms with Crippen LogP contribution in [-0.2, 0) is 11.2 Å². The molecule has 0 aromatic heterocycles. The molecule has 0 fully saturated rings. The highest BCUT2D eigenvalue weighted by atomic mass is 19.1. The third kappa shape index (κ3) is 2.09. The molecular weight excluding hydrogens is 197 g/mol. The summed E-state index contributed by atoms with van der Waals surface area (Å²) in [6.07, 6.45) is 2.07. The quantitative estimate of drug-likeness (QED) is 0.744. The van der Waals surface area contributed by atoms with Gasteiger partial charge in [-0.1, -0.05) is 0 Å². The van der Waals surface area contributed by atoms with Crippen LogP contribution in [0.2, 0.25) is 0 Å². The smallest absolute Gasteiger partial charge is 0.326 e. The fraction of sp³-hybridized carbons (Fsp3) is 0.364. The Bertz CT molecular complexity index is 392. The van der Waals surface area contributed by atoms with Crippen molar-refractivity contribution in [2.75, 3.05) is 5.32 Å². The molecule has 80 valence electrons. The number of anilines is 1. The molecule has 4 heteroatoms. The van der Waals surface area contributed by atoms with Gasteiger partial charge in [-0.15, -0.1) is 0 Å². The number of carboxylic acid groups (broad SMARTS) is 1.